The Labute approximate surface area is 387 Å². The van der Waals surface area contributed by atoms with Crippen molar-refractivity contribution in [2.24, 2.45) is 0 Å². The number of benzene rings is 4. The molecule has 0 N–H and O–H groups in total. The zero-order valence-electron chi connectivity index (χ0n) is 38.5. The molecule has 0 radical (unpaired) electrons. The lowest BCUT2D eigenvalue weighted by Gasteiger charge is -2.34. The van der Waals surface area contributed by atoms with Crippen LogP contribution >= 0.6 is 0 Å². The fourth-order valence-electron chi connectivity index (χ4n) is 8.86. The van der Waals surface area contributed by atoms with E-state index in [1.165, 1.54) is 16.9 Å². The maximum Gasteiger partial charge on any atom is 0.330 e. The van der Waals surface area contributed by atoms with Crippen molar-refractivity contribution in [3.8, 4) is 5.75 Å². The SMILES string of the molecule is CN1CCN(c2ccc(Cc3ncc4c(n3)N(C)C(=O)N(c3ccccc3)C4)cc2)CC1.COc1cc(N2CCN(C)CC2)ccc1Cc1ncc2c(n1)N(C)C(=O)N(c1ccccc1)C2. The van der Waals surface area contributed by atoms with E-state index < -0.39 is 0 Å². The second-order valence-electron chi connectivity index (χ2n) is 17.4. The van der Waals surface area contributed by atoms with Gasteiger partial charge in [-0.15, -0.1) is 0 Å². The number of carbonyl (C=O) groups is 2. The van der Waals surface area contributed by atoms with Gasteiger partial charge in [0, 0.05) is 137 Å². The van der Waals surface area contributed by atoms with Crippen molar-refractivity contribution in [1.29, 1.82) is 0 Å². The number of rotatable bonds is 9. The van der Waals surface area contributed by atoms with Crippen LogP contribution in [0.1, 0.15) is 33.9 Å². The Hall–Kier alpha value is -7.10. The highest BCUT2D eigenvalue weighted by atomic mass is 16.5. The minimum atomic E-state index is -0.0996. The van der Waals surface area contributed by atoms with Gasteiger partial charge in [-0.05, 0) is 62.1 Å². The van der Waals surface area contributed by atoms with Gasteiger partial charge in [0.15, 0.2) is 0 Å². The second-order valence-corrected chi connectivity index (χ2v) is 17.4. The maximum absolute atomic E-state index is 13.0. The van der Waals surface area contributed by atoms with E-state index in [1.54, 1.807) is 40.8 Å². The summed E-state index contributed by atoms with van der Waals surface area (Å²) in [6.45, 7) is 9.36. The molecular formula is C51H58N12O3. The summed E-state index contributed by atoms with van der Waals surface area (Å²) >= 11 is 0. The number of methoxy groups -OCH3 is 1. The first-order chi connectivity index (χ1) is 32.1. The van der Waals surface area contributed by atoms with E-state index in [9.17, 15) is 9.59 Å². The monoisotopic (exact) mass is 886 g/mol. The van der Waals surface area contributed by atoms with Gasteiger partial charge in [0.25, 0.3) is 0 Å². The molecule has 4 aliphatic heterocycles. The van der Waals surface area contributed by atoms with Gasteiger partial charge in [-0.25, -0.2) is 29.5 Å². The van der Waals surface area contributed by atoms with E-state index in [0.717, 1.165) is 92.0 Å². The minimum absolute atomic E-state index is 0.0788. The molecule has 4 aromatic carbocycles. The number of aromatic nitrogens is 4. The molecule has 6 heterocycles. The number of piperazine rings is 2. The normalized spacial score (nSPS) is 16.7. The fraction of sp³-hybridized carbons (Fsp3) is 0.333. The topological polar surface area (TPSA) is 121 Å². The Morgan fingerprint density at radius 2 is 0.970 bits per heavy atom. The molecule has 2 saturated heterocycles. The van der Waals surface area contributed by atoms with Crippen LogP contribution in [0.2, 0.25) is 0 Å². The average molecular weight is 887 g/mol. The molecule has 2 aromatic heterocycles. The van der Waals surface area contributed by atoms with Crippen LogP contribution in [0.3, 0.4) is 0 Å². The third-order valence-corrected chi connectivity index (χ3v) is 12.9. The lowest BCUT2D eigenvalue weighted by molar-refractivity contribution is 0.250. The summed E-state index contributed by atoms with van der Waals surface area (Å²) in [5.74, 6) is 3.58. The number of urea groups is 2. The van der Waals surface area contributed by atoms with Gasteiger partial charge >= 0.3 is 12.1 Å². The number of ether oxygens (including phenoxy) is 1. The molecular weight excluding hydrogens is 829 g/mol. The molecule has 0 spiro atoms. The van der Waals surface area contributed by atoms with E-state index in [1.807, 2.05) is 73.1 Å². The Kier molecular flexibility index (Phi) is 13.1. The van der Waals surface area contributed by atoms with Crippen molar-refractivity contribution >= 4 is 46.4 Å². The molecule has 340 valence electrons. The molecule has 0 unspecified atom stereocenters. The van der Waals surface area contributed by atoms with E-state index >= 15 is 0 Å². The molecule has 4 amide bonds. The fourth-order valence-corrected chi connectivity index (χ4v) is 8.86. The predicted octanol–water partition coefficient (Wildman–Crippen LogP) is 6.80. The molecule has 4 aliphatic rings. The number of carbonyl (C=O) groups excluding carboxylic acids is 2. The summed E-state index contributed by atoms with van der Waals surface area (Å²) in [5.41, 5.74) is 8.23. The Morgan fingerprint density at radius 3 is 1.45 bits per heavy atom. The standard InChI is InChI=1S/C26H30N6O2.C25H28N6O/c1-29-11-13-31(14-12-29)22-10-9-19(23(16-22)34-3)15-24-27-17-20-18-32(21-7-5-4-6-8-21)26(33)30(2)25(20)28-24;1-28-12-14-30(15-13-28)21-10-8-19(9-11-21)16-23-26-17-20-18-31(22-6-4-3-5-7-22)25(32)29(2)24(20)27-23/h4-10,16-17H,11-15,18H2,1-3H3;3-11,17H,12-16,18H2,1-2H3. The molecule has 0 bridgehead atoms. The number of hydrogen-bond donors (Lipinski definition) is 0. The Morgan fingerprint density at radius 1 is 0.515 bits per heavy atom. The van der Waals surface area contributed by atoms with E-state index in [0.29, 0.717) is 43.4 Å². The van der Waals surface area contributed by atoms with Gasteiger partial charge in [0.2, 0.25) is 0 Å². The van der Waals surface area contributed by atoms with Crippen LogP contribution in [0.5, 0.6) is 5.75 Å². The average Bonchev–Trinajstić information content (AvgIpc) is 3.35. The predicted molar refractivity (Wildman–Crippen MR) is 261 cm³/mol. The molecule has 0 atom stereocenters. The van der Waals surface area contributed by atoms with Crippen LogP contribution in [0.25, 0.3) is 0 Å². The van der Waals surface area contributed by atoms with Gasteiger partial charge in [-0.2, -0.15) is 0 Å². The minimum Gasteiger partial charge on any atom is -0.496 e. The summed E-state index contributed by atoms with van der Waals surface area (Å²) in [6, 6.07) is 34.2. The number of hydrogen-bond acceptors (Lipinski definition) is 11. The lowest BCUT2D eigenvalue weighted by Crippen LogP contribution is -2.46. The molecule has 0 aliphatic carbocycles. The molecule has 15 nitrogen and oxygen atoms in total. The highest BCUT2D eigenvalue weighted by molar-refractivity contribution is 6.05. The van der Waals surface area contributed by atoms with Crippen molar-refractivity contribution in [2.45, 2.75) is 25.9 Å². The Balaban J connectivity index is 0.000000166. The quantitative estimate of drug-likeness (QED) is 0.153. The van der Waals surface area contributed by atoms with E-state index in [-0.39, 0.29) is 12.1 Å². The lowest BCUT2D eigenvalue weighted by atomic mass is 10.1. The van der Waals surface area contributed by atoms with Crippen LogP contribution in [-0.4, -0.2) is 129 Å². The largest absolute Gasteiger partial charge is 0.496 e. The summed E-state index contributed by atoms with van der Waals surface area (Å²) in [4.78, 5) is 60.9. The van der Waals surface area contributed by atoms with Gasteiger partial charge in [0.1, 0.15) is 29.0 Å². The summed E-state index contributed by atoms with van der Waals surface area (Å²) in [5, 5.41) is 0. The first kappa shape index (κ1) is 44.1. The van der Waals surface area contributed by atoms with Crippen LogP contribution in [0.4, 0.5) is 44.0 Å². The molecule has 0 saturated carbocycles. The van der Waals surface area contributed by atoms with Gasteiger partial charge in [-0.1, -0.05) is 54.6 Å². The van der Waals surface area contributed by atoms with Gasteiger partial charge in [0.05, 0.1) is 20.2 Å². The number of likely N-dealkylation sites (N-methyl/N-ethyl adjacent to an activating group) is 2. The first-order valence-electron chi connectivity index (χ1n) is 22.6. The summed E-state index contributed by atoms with van der Waals surface area (Å²) in [6.07, 6.45) is 4.86. The van der Waals surface area contributed by atoms with Crippen LogP contribution in [0, 0.1) is 0 Å². The van der Waals surface area contributed by atoms with Gasteiger partial charge < -0.3 is 24.3 Å². The number of nitrogens with zero attached hydrogens (tertiary/aromatic N) is 12. The van der Waals surface area contributed by atoms with Gasteiger partial charge in [-0.3, -0.25) is 19.6 Å². The van der Waals surface area contributed by atoms with Crippen molar-refractivity contribution < 1.29 is 14.3 Å². The van der Waals surface area contributed by atoms with E-state index in [2.05, 4.69) is 86.1 Å². The highest BCUT2D eigenvalue weighted by Gasteiger charge is 2.32. The second kappa shape index (κ2) is 19.6. The third kappa shape index (κ3) is 9.63. The van der Waals surface area contributed by atoms with Crippen molar-refractivity contribution in [3.05, 3.63) is 149 Å². The Bertz CT molecular complexity index is 2640. The van der Waals surface area contributed by atoms with Crippen molar-refractivity contribution in [3.63, 3.8) is 0 Å². The summed E-state index contributed by atoms with van der Waals surface area (Å²) in [7, 11) is 9.56. The van der Waals surface area contributed by atoms with E-state index in [4.69, 9.17) is 14.7 Å². The van der Waals surface area contributed by atoms with Crippen LogP contribution in [0.15, 0.2) is 116 Å². The molecule has 6 aromatic rings. The third-order valence-electron chi connectivity index (χ3n) is 12.9. The molecule has 66 heavy (non-hydrogen) atoms. The van der Waals surface area contributed by atoms with Crippen LogP contribution < -0.4 is 34.1 Å². The zero-order chi connectivity index (χ0) is 45.7. The smallest absolute Gasteiger partial charge is 0.330 e. The maximum atomic E-state index is 13.0. The van der Waals surface area contributed by atoms with Crippen molar-refractivity contribution in [1.82, 2.24) is 29.7 Å². The van der Waals surface area contributed by atoms with Crippen molar-refractivity contribution in [2.75, 3.05) is 117 Å². The first-order valence-corrected chi connectivity index (χ1v) is 22.6. The number of fused-ring (bicyclic) bond motifs is 2. The molecule has 15 heteroatoms. The summed E-state index contributed by atoms with van der Waals surface area (Å²) < 4.78 is 5.72. The van der Waals surface area contributed by atoms with Crippen LogP contribution in [-0.2, 0) is 25.9 Å². The molecule has 2 fully saturated rings. The number of anilines is 6. The molecule has 10 rings (SSSR count). The number of amides is 4. The zero-order valence-corrected chi connectivity index (χ0v) is 38.5. The highest BCUT2D eigenvalue weighted by Crippen LogP contribution is 2.33. The number of para-hydroxylation sites is 2.